The van der Waals surface area contributed by atoms with Gasteiger partial charge in [0.25, 0.3) is 0 Å². The highest BCUT2D eigenvalue weighted by molar-refractivity contribution is 5.79. The molecule has 1 atom stereocenters. The second-order valence-corrected chi connectivity index (χ2v) is 5.94. The summed E-state index contributed by atoms with van der Waals surface area (Å²) in [6, 6.07) is 7.79. The molecule has 0 bridgehead atoms. The number of aromatic nitrogens is 2. The summed E-state index contributed by atoms with van der Waals surface area (Å²) in [6.45, 7) is 2.60. The molecule has 1 unspecified atom stereocenters. The van der Waals surface area contributed by atoms with Gasteiger partial charge in [-0.2, -0.15) is 5.10 Å². The number of hydrogen-bond acceptors (Lipinski definition) is 3. The lowest BCUT2D eigenvalue weighted by atomic mass is 9.93. The molecule has 0 spiro atoms. The topological polar surface area (TPSA) is 56.1 Å². The summed E-state index contributed by atoms with van der Waals surface area (Å²) < 4.78 is 7.34. The Hall–Kier alpha value is -2.30. The van der Waals surface area contributed by atoms with Crippen molar-refractivity contribution in [2.75, 3.05) is 6.61 Å². The van der Waals surface area contributed by atoms with Crippen molar-refractivity contribution < 1.29 is 9.53 Å². The number of rotatable bonds is 5. The zero-order valence-corrected chi connectivity index (χ0v) is 13.7. The molecule has 3 rings (SSSR count). The number of ether oxygens (including phenoxy) is 1. The van der Waals surface area contributed by atoms with Crippen LogP contribution < -0.4 is 10.1 Å². The van der Waals surface area contributed by atoms with E-state index in [1.165, 1.54) is 11.3 Å². The molecule has 0 aliphatic heterocycles. The van der Waals surface area contributed by atoms with Gasteiger partial charge in [-0.1, -0.05) is 12.1 Å². The third-order valence-electron chi connectivity index (χ3n) is 4.31. The molecule has 1 aromatic carbocycles. The van der Waals surface area contributed by atoms with E-state index in [2.05, 4.69) is 10.4 Å². The molecule has 23 heavy (non-hydrogen) atoms. The summed E-state index contributed by atoms with van der Waals surface area (Å²) in [4.78, 5) is 12.3. The average molecular weight is 313 g/mol. The lowest BCUT2D eigenvalue weighted by Crippen LogP contribution is -2.32. The third-order valence-corrected chi connectivity index (χ3v) is 4.31. The standard InChI is InChI=1S/C18H23N3O2/c1-3-23-14-9-7-13(8-10-14)11-18(22)20-16-5-4-6-17-15(16)12-19-21(17)2/h7-10,12,16H,3-6,11H2,1-2H3,(H,20,22). The minimum atomic E-state index is 0.0517. The smallest absolute Gasteiger partial charge is 0.224 e. The highest BCUT2D eigenvalue weighted by Crippen LogP contribution is 2.29. The van der Waals surface area contributed by atoms with E-state index in [0.717, 1.165) is 30.6 Å². The molecule has 0 saturated heterocycles. The summed E-state index contributed by atoms with van der Waals surface area (Å²) in [7, 11) is 1.96. The van der Waals surface area contributed by atoms with Gasteiger partial charge in [-0.3, -0.25) is 9.48 Å². The Balaban J connectivity index is 1.61. The SMILES string of the molecule is CCOc1ccc(CC(=O)NC2CCCc3c2cnn3C)cc1. The molecule has 0 fully saturated rings. The fourth-order valence-electron chi connectivity index (χ4n) is 3.16. The lowest BCUT2D eigenvalue weighted by Gasteiger charge is -2.23. The van der Waals surface area contributed by atoms with Crippen LogP contribution in [0.3, 0.4) is 0 Å². The molecule has 122 valence electrons. The lowest BCUT2D eigenvalue weighted by molar-refractivity contribution is -0.121. The van der Waals surface area contributed by atoms with Crippen LogP contribution in [0, 0.1) is 0 Å². The van der Waals surface area contributed by atoms with E-state index in [0.29, 0.717) is 13.0 Å². The van der Waals surface area contributed by atoms with Crippen LogP contribution in [0.15, 0.2) is 30.5 Å². The Labute approximate surface area is 136 Å². The summed E-state index contributed by atoms with van der Waals surface area (Å²) in [5.74, 6) is 0.889. The highest BCUT2D eigenvalue weighted by atomic mass is 16.5. The summed E-state index contributed by atoms with van der Waals surface area (Å²) in [6.07, 6.45) is 5.38. The van der Waals surface area contributed by atoms with Crippen molar-refractivity contribution in [2.24, 2.45) is 7.05 Å². The predicted molar refractivity (Wildman–Crippen MR) is 88.3 cm³/mol. The van der Waals surface area contributed by atoms with Gasteiger partial charge in [-0.15, -0.1) is 0 Å². The summed E-state index contributed by atoms with van der Waals surface area (Å²) >= 11 is 0. The Bertz CT molecular complexity index is 676. The van der Waals surface area contributed by atoms with Crippen molar-refractivity contribution in [3.63, 3.8) is 0 Å². The van der Waals surface area contributed by atoms with E-state index in [1.54, 1.807) is 0 Å². The van der Waals surface area contributed by atoms with Crippen LogP contribution in [-0.2, 0) is 24.7 Å². The highest BCUT2D eigenvalue weighted by Gasteiger charge is 2.24. The Kier molecular flexibility index (Phi) is 4.65. The van der Waals surface area contributed by atoms with Crippen molar-refractivity contribution in [3.8, 4) is 5.75 Å². The third kappa shape index (κ3) is 3.55. The monoisotopic (exact) mass is 313 g/mol. The van der Waals surface area contributed by atoms with Crippen LogP contribution in [-0.4, -0.2) is 22.3 Å². The Morgan fingerprint density at radius 3 is 2.91 bits per heavy atom. The first-order valence-corrected chi connectivity index (χ1v) is 8.19. The van der Waals surface area contributed by atoms with Crippen molar-refractivity contribution in [2.45, 2.75) is 38.6 Å². The first-order valence-electron chi connectivity index (χ1n) is 8.19. The van der Waals surface area contributed by atoms with Crippen LogP contribution in [0.2, 0.25) is 0 Å². The zero-order chi connectivity index (χ0) is 16.2. The predicted octanol–water partition coefficient (Wildman–Crippen LogP) is 2.56. The fourth-order valence-corrected chi connectivity index (χ4v) is 3.16. The van der Waals surface area contributed by atoms with E-state index in [9.17, 15) is 4.79 Å². The number of fused-ring (bicyclic) bond motifs is 1. The number of carbonyl (C=O) groups excluding carboxylic acids is 1. The number of hydrogen-bond donors (Lipinski definition) is 1. The Morgan fingerprint density at radius 1 is 1.39 bits per heavy atom. The summed E-state index contributed by atoms with van der Waals surface area (Å²) in [5, 5.41) is 7.47. The van der Waals surface area contributed by atoms with Gasteiger partial charge in [0.2, 0.25) is 5.91 Å². The number of amides is 1. The number of aryl methyl sites for hydroxylation is 1. The van der Waals surface area contributed by atoms with E-state index < -0.39 is 0 Å². The fraction of sp³-hybridized carbons (Fsp3) is 0.444. The minimum Gasteiger partial charge on any atom is -0.494 e. The molecule has 1 N–H and O–H groups in total. The maximum absolute atomic E-state index is 12.3. The first-order chi connectivity index (χ1) is 11.2. The molecule has 1 aromatic heterocycles. The Morgan fingerprint density at radius 2 is 2.17 bits per heavy atom. The zero-order valence-electron chi connectivity index (χ0n) is 13.7. The van der Waals surface area contributed by atoms with Gasteiger partial charge >= 0.3 is 0 Å². The molecular weight excluding hydrogens is 290 g/mol. The summed E-state index contributed by atoms with van der Waals surface area (Å²) in [5.41, 5.74) is 3.40. The van der Waals surface area contributed by atoms with Gasteiger partial charge in [0, 0.05) is 18.3 Å². The van der Waals surface area contributed by atoms with Crippen molar-refractivity contribution >= 4 is 5.91 Å². The first kappa shape index (κ1) is 15.6. The maximum Gasteiger partial charge on any atom is 0.224 e. The maximum atomic E-state index is 12.3. The molecule has 5 heteroatoms. The van der Waals surface area contributed by atoms with Crippen molar-refractivity contribution in [1.29, 1.82) is 0 Å². The molecule has 2 aromatic rings. The normalized spacial score (nSPS) is 16.7. The van der Waals surface area contributed by atoms with Gasteiger partial charge in [0.05, 0.1) is 25.3 Å². The minimum absolute atomic E-state index is 0.0517. The van der Waals surface area contributed by atoms with Crippen LogP contribution in [0.25, 0.3) is 0 Å². The van der Waals surface area contributed by atoms with Gasteiger partial charge in [-0.05, 0) is 43.9 Å². The molecule has 5 nitrogen and oxygen atoms in total. The number of carbonyl (C=O) groups is 1. The molecule has 1 aliphatic carbocycles. The van der Waals surface area contributed by atoms with Gasteiger partial charge < -0.3 is 10.1 Å². The van der Waals surface area contributed by atoms with E-state index in [-0.39, 0.29) is 11.9 Å². The number of nitrogens with one attached hydrogen (secondary N) is 1. The van der Waals surface area contributed by atoms with Gasteiger partial charge in [0.1, 0.15) is 5.75 Å². The van der Waals surface area contributed by atoms with Crippen molar-refractivity contribution in [1.82, 2.24) is 15.1 Å². The molecule has 0 radical (unpaired) electrons. The second-order valence-electron chi connectivity index (χ2n) is 5.94. The average Bonchev–Trinajstić information content (AvgIpc) is 2.92. The van der Waals surface area contributed by atoms with Crippen LogP contribution in [0.1, 0.15) is 42.6 Å². The van der Waals surface area contributed by atoms with Gasteiger partial charge in [-0.25, -0.2) is 0 Å². The number of benzene rings is 1. The quantitative estimate of drug-likeness (QED) is 0.923. The van der Waals surface area contributed by atoms with Crippen molar-refractivity contribution in [3.05, 3.63) is 47.3 Å². The number of nitrogens with zero attached hydrogens (tertiary/aromatic N) is 2. The van der Waals surface area contributed by atoms with Crippen LogP contribution in [0.4, 0.5) is 0 Å². The molecule has 1 heterocycles. The van der Waals surface area contributed by atoms with Crippen LogP contribution in [0.5, 0.6) is 5.75 Å². The van der Waals surface area contributed by atoms with Gasteiger partial charge in [0.15, 0.2) is 0 Å². The van der Waals surface area contributed by atoms with E-state index in [4.69, 9.17) is 4.74 Å². The second kappa shape index (κ2) is 6.86. The largest absolute Gasteiger partial charge is 0.494 e. The molecular formula is C18H23N3O2. The molecule has 1 aliphatic rings. The molecule has 0 saturated carbocycles. The van der Waals surface area contributed by atoms with E-state index in [1.807, 2.05) is 49.1 Å². The van der Waals surface area contributed by atoms with Crippen LogP contribution >= 0.6 is 0 Å². The van der Waals surface area contributed by atoms with E-state index >= 15 is 0 Å². The molecule has 1 amide bonds.